The smallest absolute Gasteiger partial charge is 0.147 e. The molecule has 1 aliphatic heterocycles. The standard InChI is InChI=1S/C17H22FN5/c1-19-17-16(20-6-7-21-17)9-13-3-2-8-23(11-13)12-15-5-4-14(18)10-22-15/h4-7,10,13H,2-3,8-9,11-12H2,1H3,(H,19,21). The molecule has 2 aromatic rings. The van der Waals surface area contributed by atoms with Gasteiger partial charge in [-0.2, -0.15) is 0 Å². The van der Waals surface area contributed by atoms with Crippen molar-refractivity contribution in [2.45, 2.75) is 25.8 Å². The van der Waals surface area contributed by atoms with Crippen LogP contribution in [0.5, 0.6) is 0 Å². The van der Waals surface area contributed by atoms with E-state index in [-0.39, 0.29) is 5.82 Å². The number of aromatic nitrogens is 3. The summed E-state index contributed by atoms with van der Waals surface area (Å²) in [6.45, 7) is 2.85. The number of likely N-dealkylation sites (tertiary alicyclic amines) is 1. The van der Waals surface area contributed by atoms with Crippen molar-refractivity contribution in [3.05, 3.63) is 47.9 Å². The van der Waals surface area contributed by atoms with Gasteiger partial charge in [-0.3, -0.25) is 14.9 Å². The molecule has 3 heterocycles. The summed E-state index contributed by atoms with van der Waals surface area (Å²) in [5, 5.41) is 3.11. The van der Waals surface area contributed by atoms with Crippen LogP contribution >= 0.6 is 0 Å². The molecule has 6 heteroatoms. The summed E-state index contributed by atoms with van der Waals surface area (Å²) in [4.78, 5) is 15.3. The quantitative estimate of drug-likeness (QED) is 0.919. The maximum atomic E-state index is 12.9. The van der Waals surface area contributed by atoms with Gasteiger partial charge >= 0.3 is 0 Å². The summed E-state index contributed by atoms with van der Waals surface area (Å²) >= 11 is 0. The third-order valence-electron chi connectivity index (χ3n) is 4.27. The summed E-state index contributed by atoms with van der Waals surface area (Å²) in [5.41, 5.74) is 1.95. The van der Waals surface area contributed by atoms with E-state index in [0.29, 0.717) is 5.92 Å². The highest BCUT2D eigenvalue weighted by Crippen LogP contribution is 2.23. The van der Waals surface area contributed by atoms with Crippen LogP contribution in [0.1, 0.15) is 24.2 Å². The number of rotatable bonds is 5. The highest BCUT2D eigenvalue weighted by Gasteiger charge is 2.22. The first kappa shape index (κ1) is 15.8. The number of halogens is 1. The molecule has 0 radical (unpaired) electrons. The number of hydrogen-bond donors (Lipinski definition) is 1. The lowest BCUT2D eigenvalue weighted by molar-refractivity contribution is 0.165. The van der Waals surface area contributed by atoms with Gasteiger partial charge < -0.3 is 5.32 Å². The zero-order valence-electron chi connectivity index (χ0n) is 13.4. The van der Waals surface area contributed by atoms with E-state index in [1.807, 2.05) is 7.05 Å². The number of pyridine rings is 1. The number of hydrogen-bond acceptors (Lipinski definition) is 5. The minimum absolute atomic E-state index is 0.285. The topological polar surface area (TPSA) is 53.9 Å². The summed E-state index contributed by atoms with van der Waals surface area (Å²) in [6.07, 6.45) is 8.04. The van der Waals surface area contributed by atoms with Gasteiger partial charge in [0.05, 0.1) is 17.6 Å². The minimum Gasteiger partial charge on any atom is -0.372 e. The first-order valence-corrected chi connectivity index (χ1v) is 8.05. The summed E-state index contributed by atoms with van der Waals surface area (Å²) in [5.74, 6) is 1.14. The fraction of sp³-hybridized carbons (Fsp3) is 0.471. The summed E-state index contributed by atoms with van der Waals surface area (Å²) in [7, 11) is 1.88. The molecular formula is C17H22FN5. The Morgan fingerprint density at radius 3 is 2.91 bits per heavy atom. The van der Waals surface area contributed by atoms with Crippen LogP contribution in [0.15, 0.2) is 30.7 Å². The molecule has 0 saturated carbocycles. The van der Waals surface area contributed by atoms with Gasteiger partial charge in [0.1, 0.15) is 11.6 Å². The van der Waals surface area contributed by atoms with Crippen molar-refractivity contribution in [3.63, 3.8) is 0 Å². The van der Waals surface area contributed by atoms with Crippen molar-refractivity contribution < 1.29 is 4.39 Å². The zero-order chi connectivity index (χ0) is 16.1. The highest BCUT2D eigenvalue weighted by molar-refractivity contribution is 5.38. The second-order valence-electron chi connectivity index (χ2n) is 6.02. The van der Waals surface area contributed by atoms with Crippen LogP contribution in [0.4, 0.5) is 10.2 Å². The monoisotopic (exact) mass is 315 g/mol. The minimum atomic E-state index is -0.285. The third-order valence-corrected chi connectivity index (χ3v) is 4.27. The van der Waals surface area contributed by atoms with Gasteiger partial charge in [-0.1, -0.05) is 0 Å². The molecule has 0 spiro atoms. The lowest BCUT2D eigenvalue weighted by atomic mass is 9.93. The SMILES string of the molecule is CNc1nccnc1CC1CCCN(Cc2ccc(F)cn2)C1. The van der Waals surface area contributed by atoms with E-state index in [0.717, 1.165) is 43.3 Å². The van der Waals surface area contributed by atoms with Gasteiger partial charge in [0, 0.05) is 32.5 Å². The van der Waals surface area contributed by atoms with Crippen LogP contribution < -0.4 is 5.32 Å². The average molecular weight is 315 g/mol. The van der Waals surface area contributed by atoms with Gasteiger partial charge in [0.15, 0.2) is 0 Å². The van der Waals surface area contributed by atoms with E-state index < -0.39 is 0 Å². The average Bonchev–Trinajstić information content (AvgIpc) is 2.58. The molecule has 1 fully saturated rings. The van der Waals surface area contributed by atoms with Crippen molar-refractivity contribution in [2.75, 3.05) is 25.5 Å². The largest absolute Gasteiger partial charge is 0.372 e. The van der Waals surface area contributed by atoms with E-state index in [9.17, 15) is 4.39 Å². The molecule has 23 heavy (non-hydrogen) atoms. The fourth-order valence-corrected chi connectivity index (χ4v) is 3.19. The van der Waals surface area contributed by atoms with Crippen LogP contribution in [0.3, 0.4) is 0 Å². The van der Waals surface area contributed by atoms with Gasteiger partial charge in [0.25, 0.3) is 0 Å². The molecule has 2 aromatic heterocycles. The molecule has 3 rings (SSSR count). The normalized spacial score (nSPS) is 18.8. The van der Waals surface area contributed by atoms with Gasteiger partial charge in [-0.25, -0.2) is 9.37 Å². The molecule has 1 unspecified atom stereocenters. The predicted octanol–water partition coefficient (Wildman–Crippen LogP) is 2.51. The van der Waals surface area contributed by atoms with E-state index in [2.05, 4.69) is 25.2 Å². The molecule has 0 amide bonds. The number of nitrogens with zero attached hydrogens (tertiary/aromatic N) is 4. The Labute approximate surface area is 136 Å². The zero-order valence-corrected chi connectivity index (χ0v) is 13.4. The number of anilines is 1. The van der Waals surface area contributed by atoms with Crippen molar-refractivity contribution >= 4 is 5.82 Å². The van der Waals surface area contributed by atoms with Crippen LogP contribution in [0, 0.1) is 11.7 Å². The predicted molar refractivity (Wildman–Crippen MR) is 87.5 cm³/mol. The Morgan fingerprint density at radius 1 is 1.26 bits per heavy atom. The van der Waals surface area contributed by atoms with E-state index in [1.54, 1.807) is 18.5 Å². The first-order valence-electron chi connectivity index (χ1n) is 8.05. The second-order valence-corrected chi connectivity index (χ2v) is 6.02. The fourth-order valence-electron chi connectivity index (χ4n) is 3.19. The van der Waals surface area contributed by atoms with Crippen molar-refractivity contribution in [1.29, 1.82) is 0 Å². The number of piperidine rings is 1. The molecular weight excluding hydrogens is 293 g/mol. The van der Waals surface area contributed by atoms with E-state index in [1.165, 1.54) is 25.1 Å². The summed E-state index contributed by atoms with van der Waals surface area (Å²) < 4.78 is 12.9. The van der Waals surface area contributed by atoms with E-state index in [4.69, 9.17) is 0 Å². The van der Waals surface area contributed by atoms with Crippen molar-refractivity contribution in [2.24, 2.45) is 5.92 Å². The molecule has 122 valence electrons. The van der Waals surface area contributed by atoms with Crippen LogP contribution in [-0.4, -0.2) is 40.0 Å². The van der Waals surface area contributed by atoms with Crippen LogP contribution in [0.25, 0.3) is 0 Å². The summed E-state index contributed by atoms with van der Waals surface area (Å²) in [6, 6.07) is 3.24. The lowest BCUT2D eigenvalue weighted by Crippen LogP contribution is -2.36. The highest BCUT2D eigenvalue weighted by atomic mass is 19.1. The molecule has 0 aliphatic carbocycles. The Balaban J connectivity index is 1.60. The Kier molecular flexibility index (Phi) is 5.12. The molecule has 1 saturated heterocycles. The third kappa shape index (κ3) is 4.22. The molecule has 1 N–H and O–H groups in total. The maximum absolute atomic E-state index is 12.9. The Morgan fingerprint density at radius 2 is 2.13 bits per heavy atom. The molecule has 0 aromatic carbocycles. The molecule has 5 nitrogen and oxygen atoms in total. The lowest BCUT2D eigenvalue weighted by Gasteiger charge is -2.32. The number of nitrogens with one attached hydrogen (secondary N) is 1. The Bertz CT molecular complexity index is 631. The van der Waals surface area contributed by atoms with Crippen molar-refractivity contribution in [3.8, 4) is 0 Å². The second kappa shape index (κ2) is 7.46. The van der Waals surface area contributed by atoms with Gasteiger partial charge in [-0.15, -0.1) is 0 Å². The molecule has 1 aliphatic rings. The first-order chi connectivity index (χ1) is 11.2. The van der Waals surface area contributed by atoms with Gasteiger partial charge in [-0.05, 0) is 43.9 Å². The van der Waals surface area contributed by atoms with Crippen LogP contribution in [-0.2, 0) is 13.0 Å². The molecule has 0 bridgehead atoms. The van der Waals surface area contributed by atoms with E-state index >= 15 is 0 Å². The van der Waals surface area contributed by atoms with Crippen LogP contribution in [0.2, 0.25) is 0 Å². The maximum Gasteiger partial charge on any atom is 0.147 e. The van der Waals surface area contributed by atoms with Gasteiger partial charge in [0.2, 0.25) is 0 Å². The molecule has 1 atom stereocenters. The van der Waals surface area contributed by atoms with Crippen molar-refractivity contribution in [1.82, 2.24) is 19.9 Å². The Hall–Kier alpha value is -2.08.